The number of halogens is 3. The third-order valence-corrected chi connectivity index (χ3v) is 4.04. The Morgan fingerprint density at radius 1 is 1.29 bits per heavy atom. The van der Waals surface area contributed by atoms with Gasteiger partial charge in [-0.1, -0.05) is 0 Å². The normalized spacial score (nSPS) is 28.5. The van der Waals surface area contributed by atoms with Gasteiger partial charge in [0.05, 0.1) is 6.10 Å². The van der Waals surface area contributed by atoms with Gasteiger partial charge in [-0.3, -0.25) is 0 Å². The molecule has 122 valence electrons. The van der Waals surface area contributed by atoms with Crippen LogP contribution in [0.4, 0.5) is 18.0 Å². The highest BCUT2D eigenvalue weighted by Gasteiger charge is 2.34. The molecule has 0 aliphatic carbocycles. The molecule has 0 saturated carbocycles. The summed E-state index contributed by atoms with van der Waals surface area (Å²) in [5, 5.41) is 0. The molecule has 2 heterocycles. The summed E-state index contributed by atoms with van der Waals surface area (Å²) in [4.78, 5) is 12.9. The van der Waals surface area contributed by atoms with Gasteiger partial charge in [0.2, 0.25) is 0 Å². The number of carbonyl (C=O) groups excluding carboxylic acids is 1. The number of nitrogens with two attached hydrogens (primary N) is 1. The predicted octanol–water partition coefficient (Wildman–Crippen LogP) is 1.90. The number of hydrogen-bond donors (Lipinski definition) is 1. The summed E-state index contributed by atoms with van der Waals surface area (Å²) in [6, 6.07) is 0.151. The first-order valence-electron chi connectivity index (χ1n) is 7.21. The SMILES string of the molecule is NC1CCOC(C2CCN(C(=O)OCC(F)(F)F)CC2)C1. The minimum absolute atomic E-state index is 0.0992. The molecule has 2 atom stereocenters. The van der Waals surface area contributed by atoms with Crippen LogP contribution in [0.2, 0.25) is 0 Å². The topological polar surface area (TPSA) is 64.8 Å². The largest absolute Gasteiger partial charge is 0.440 e. The van der Waals surface area contributed by atoms with Crippen LogP contribution in [-0.4, -0.2) is 55.6 Å². The molecular weight excluding hydrogens is 289 g/mol. The van der Waals surface area contributed by atoms with Crippen LogP contribution in [0.1, 0.15) is 25.7 Å². The van der Waals surface area contributed by atoms with Crippen LogP contribution in [-0.2, 0) is 9.47 Å². The zero-order valence-electron chi connectivity index (χ0n) is 11.8. The first-order chi connectivity index (χ1) is 9.85. The zero-order chi connectivity index (χ0) is 15.5. The summed E-state index contributed by atoms with van der Waals surface area (Å²) in [6.07, 6.45) is -2.20. The number of rotatable bonds is 2. The van der Waals surface area contributed by atoms with Crippen LogP contribution in [0.5, 0.6) is 0 Å². The third-order valence-electron chi connectivity index (χ3n) is 4.04. The lowest BCUT2D eigenvalue weighted by Crippen LogP contribution is -2.45. The van der Waals surface area contributed by atoms with Crippen molar-refractivity contribution in [2.75, 3.05) is 26.3 Å². The van der Waals surface area contributed by atoms with Gasteiger partial charge in [0.25, 0.3) is 0 Å². The van der Waals surface area contributed by atoms with Crippen molar-refractivity contribution in [1.29, 1.82) is 0 Å². The molecule has 2 saturated heterocycles. The van der Waals surface area contributed by atoms with Gasteiger partial charge in [0, 0.05) is 25.7 Å². The number of hydrogen-bond acceptors (Lipinski definition) is 4. The molecule has 0 aromatic carbocycles. The number of alkyl halides is 3. The minimum Gasteiger partial charge on any atom is -0.440 e. The fraction of sp³-hybridized carbons (Fsp3) is 0.923. The molecule has 0 bridgehead atoms. The maximum absolute atomic E-state index is 12.0. The zero-order valence-corrected chi connectivity index (χ0v) is 11.8. The summed E-state index contributed by atoms with van der Waals surface area (Å²) in [6.45, 7) is -0.0844. The van der Waals surface area contributed by atoms with Crippen LogP contribution in [0.3, 0.4) is 0 Å². The summed E-state index contributed by atoms with van der Waals surface area (Å²) in [5.74, 6) is 0.308. The van der Waals surface area contributed by atoms with Crippen molar-refractivity contribution >= 4 is 6.09 Å². The Morgan fingerprint density at radius 3 is 2.52 bits per heavy atom. The van der Waals surface area contributed by atoms with Gasteiger partial charge in [-0.25, -0.2) is 4.79 Å². The van der Waals surface area contributed by atoms with Crippen molar-refractivity contribution in [3.05, 3.63) is 0 Å². The van der Waals surface area contributed by atoms with Crippen LogP contribution >= 0.6 is 0 Å². The van der Waals surface area contributed by atoms with E-state index in [1.165, 1.54) is 4.90 Å². The van der Waals surface area contributed by atoms with E-state index in [4.69, 9.17) is 10.5 Å². The van der Waals surface area contributed by atoms with E-state index in [9.17, 15) is 18.0 Å². The highest BCUT2D eigenvalue weighted by atomic mass is 19.4. The molecule has 21 heavy (non-hydrogen) atoms. The lowest BCUT2D eigenvalue weighted by molar-refractivity contribution is -0.162. The molecule has 2 aliphatic rings. The number of amides is 1. The molecule has 0 aromatic rings. The molecule has 2 unspecified atom stereocenters. The lowest BCUT2D eigenvalue weighted by Gasteiger charge is -2.38. The highest BCUT2D eigenvalue weighted by molar-refractivity contribution is 5.67. The summed E-state index contributed by atoms with van der Waals surface area (Å²) in [7, 11) is 0. The average Bonchev–Trinajstić information content (AvgIpc) is 2.44. The van der Waals surface area contributed by atoms with Gasteiger partial charge in [-0.05, 0) is 31.6 Å². The molecule has 2 N–H and O–H groups in total. The molecule has 0 spiro atoms. The second-order valence-electron chi connectivity index (χ2n) is 5.69. The Hall–Kier alpha value is -1.02. The van der Waals surface area contributed by atoms with Crippen LogP contribution < -0.4 is 5.73 Å². The van der Waals surface area contributed by atoms with Crippen LogP contribution in [0, 0.1) is 5.92 Å². The van der Waals surface area contributed by atoms with Crippen molar-refractivity contribution in [1.82, 2.24) is 4.90 Å². The van der Waals surface area contributed by atoms with Gasteiger partial charge >= 0.3 is 12.3 Å². The van der Waals surface area contributed by atoms with Crippen molar-refractivity contribution in [2.24, 2.45) is 11.7 Å². The molecule has 8 heteroatoms. The van der Waals surface area contributed by atoms with E-state index in [0.717, 1.165) is 12.8 Å². The fourth-order valence-electron chi connectivity index (χ4n) is 2.87. The van der Waals surface area contributed by atoms with Crippen LogP contribution in [0.25, 0.3) is 0 Å². The van der Waals surface area contributed by atoms with Gasteiger partial charge in [-0.15, -0.1) is 0 Å². The monoisotopic (exact) mass is 310 g/mol. The van der Waals surface area contributed by atoms with E-state index in [2.05, 4.69) is 4.74 Å². The van der Waals surface area contributed by atoms with E-state index in [1.807, 2.05) is 0 Å². The first kappa shape index (κ1) is 16.4. The van der Waals surface area contributed by atoms with Crippen LogP contribution in [0.15, 0.2) is 0 Å². The first-order valence-corrected chi connectivity index (χ1v) is 7.21. The lowest BCUT2D eigenvalue weighted by atomic mass is 9.86. The Balaban J connectivity index is 1.73. The predicted molar refractivity (Wildman–Crippen MR) is 68.6 cm³/mol. The Labute approximate surface area is 121 Å². The van der Waals surface area contributed by atoms with Crippen molar-refractivity contribution in [2.45, 2.75) is 44.0 Å². The Morgan fingerprint density at radius 2 is 1.95 bits per heavy atom. The van der Waals surface area contributed by atoms with Gasteiger partial charge in [0.15, 0.2) is 6.61 Å². The van der Waals surface area contributed by atoms with E-state index < -0.39 is 18.9 Å². The number of ether oxygens (including phenoxy) is 2. The fourth-order valence-corrected chi connectivity index (χ4v) is 2.87. The number of carbonyl (C=O) groups is 1. The third kappa shape index (κ3) is 5.03. The van der Waals surface area contributed by atoms with E-state index >= 15 is 0 Å². The van der Waals surface area contributed by atoms with Gasteiger partial charge < -0.3 is 20.1 Å². The highest BCUT2D eigenvalue weighted by Crippen LogP contribution is 2.28. The molecular formula is C13H21F3N2O3. The van der Waals surface area contributed by atoms with E-state index in [0.29, 0.717) is 38.5 Å². The average molecular weight is 310 g/mol. The molecule has 2 rings (SSSR count). The van der Waals surface area contributed by atoms with Gasteiger partial charge in [-0.2, -0.15) is 13.2 Å². The maximum atomic E-state index is 12.0. The second kappa shape index (κ2) is 6.83. The minimum atomic E-state index is -4.49. The van der Waals surface area contributed by atoms with Crippen molar-refractivity contribution < 1.29 is 27.4 Å². The number of likely N-dealkylation sites (tertiary alicyclic amines) is 1. The number of piperidine rings is 1. The Bertz CT molecular complexity index is 357. The summed E-state index contributed by atoms with van der Waals surface area (Å²) < 4.78 is 46.0. The van der Waals surface area contributed by atoms with E-state index in [-0.39, 0.29) is 12.1 Å². The van der Waals surface area contributed by atoms with E-state index in [1.54, 1.807) is 0 Å². The van der Waals surface area contributed by atoms with Crippen molar-refractivity contribution in [3.63, 3.8) is 0 Å². The standard InChI is InChI=1S/C13H21F3N2O3/c14-13(15,16)8-21-12(19)18-4-1-9(2-5-18)11-7-10(17)3-6-20-11/h9-11H,1-8,17H2. The second-order valence-corrected chi connectivity index (χ2v) is 5.69. The molecule has 2 aliphatic heterocycles. The molecule has 0 aromatic heterocycles. The smallest absolute Gasteiger partial charge is 0.422 e. The Kier molecular flexibility index (Phi) is 5.32. The van der Waals surface area contributed by atoms with Crippen molar-refractivity contribution in [3.8, 4) is 0 Å². The molecule has 1 amide bonds. The molecule has 0 radical (unpaired) electrons. The molecule has 2 fully saturated rings. The maximum Gasteiger partial charge on any atom is 0.422 e. The molecule has 5 nitrogen and oxygen atoms in total. The quantitative estimate of drug-likeness (QED) is 0.846. The summed E-state index contributed by atoms with van der Waals surface area (Å²) >= 11 is 0. The van der Waals surface area contributed by atoms with Gasteiger partial charge in [0.1, 0.15) is 0 Å². The summed E-state index contributed by atoms with van der Waals surface area (Å²) in [5.41, 5.74) is 5.92. The number of nitrogens with zero attached hydrogens (tertiary/aromatic N) is 1.